The highest BCUT2D eigenvalue weighted by atomic mass is 32.1. The lowest BCUT2D eigenvalue weighted by Crippen LogP contribution is -1.88. The number of benzene rings is 1. The number of rotatable bonds is 2. The second kappa shape index (κ2) is 5.56. The molecule has 0 fully saturated rings. The van der Waals surface area contributed by atoms with E-state index in [0.29, 0.717) is 0 Å². The molecule has 0 N–H and O–H groups in total. The van der Waals surface area contributed by atoms with Crippen molar-refractivity contribution in [1.29, 1.82) is 0 Å². The number of hydrogen-bond donors (Lipinski definition) is 0. The van der Waals surface area contributed by atoms with Crippen LogP contribution in [0.5, 0.6) is 0 Å². The van der Waals surface area contributed by atoms with E-state index < -0.39 is 0 Å². The Kier molecular flexibility index (Phi) is 3.39. The molecule has 1 aromatic carbocycles. The molecular weight excluding hydrogens is 302 g/mol. The highest BCUT2D eigenvalue weighted by Gasteiger charge is 2.15. The van der Waals surface area contributed by atoms with E-state index in [-0.39, 0.29) is 0 Å². The Morgan fingerprint density at radius 3 is 2.70 bits per heavy atom. The third kappa shape index (κ3) is 2.62. The molecule has 3 aromatic heterocycles. The van der Waals surface area contributed by atoms with Gasteiger partial charge >= 0.3 is 0 Å². The molecule has 3 heterocycles. The molecule has 0 saturated carbocycles. The van der Waals surface area contributed by atoms with Crippen LogP contribution in [0.1, 0.15) is 10.7 Å². The molecule has 4 aromatic rings. The summed E-state index contributed by atoms with van der Waals surface area (Å²) in [6.45, 7) is 4.05. The van der Waals surface area contributed by atoms with Gasteiger partial charge in [0, 0.05) is 22.8 Å². The van der Waals surface area contributed by atoms with E-state index >= 15 is 0 Å². The first kappa shape index (κ1) is 14.0. The van der Waals surface area contributed by atoms with Crippen LogP contribution in [0.4, 0.5) is 0 Å². The molecule has 0 amide bonds. The third-order valence-electron chi connectivity index (χ3n) is 3.73. The van der Waals surface area contributed by atoms with Crippen molar-refractivity contribution in [3.63, 3.8) is 0 Å². The fourth-order valence-corrected chi connectivity index (χ4v) is 3.60. The number of hydrogen-bond acceptors (Lipinski definition) is 4. The second-order valence-electron chi connectivity index (χ2n) is 5.49. The average Bonchev–Trinajstić information content (AvgIpc) is 2.96. The normalized spacial score (nSPS) is 11.0. The molecule has 0 aliphatic rings. The molecule has 3 nitrogen and oxygen atoms in total. The van der Waals surface area contributed by atoms with Crippen LogP contribution in [-0.2, 0) is 0 Å². The lowest BCUT2D eigenvalue weighted by Gasteiger charge is -2.05. The van der Waals surface area contributed by atoms with Gasteiger partial charge < -0.3 is 0 Å². The van der Waals surface area contributed by atoms with Crippen molar-refractivity contribution in [2.75, 3.05) is 0 Å². The van der Waals surface area contributed by atoms with Crippen molar-refractivity contribution in [1.82, 2.24) is 15.0 Å². The molecule has 0 radical (unpaired) electrons. The number of thiazole rings is 1. The minimum atomic E-state index is 0.983. The van der Waals surface area contributed by atoms with Gasteiger partial charge in [0.15, 0.2) is 0 Å². The first-order chi connectivity index (χ1) is 11.2. The first-order valence-electron chi connectivity index (χ1n) is 7.47. The zero-order valence-corrected chi connectivity index (χ0v) is 13.8. The Morgan fingerprint density at radius 2 is 1.83 bits per heavy atom. The SMILES string of the molecule is Cc1cccc(-c2sc(C)nc2-c2ccc3ncccc3c2)n1. The summed E-state index contributed by atoms with van der Waals surface area (Å²) in [6.07, 6.45) is 1.82. The van der Waals surface area contributed by atoms with Crippen LogP contribution in [0.2, 0.25) is 0 Å². The number of nitrogens with zero attached hydrogens (tertiary/aromatic N) is 3. The van der Waals surface area contributed by atoms with Crippen molar-refractivity contribution in [3.8, 4) is 21.8 Å². The van der Waals surface area contributed by atoms with Gasteiger partial charge in [-0.25, -0.2) is 4.98 Å². The van der Waals surface area contributed by atoms with Gasteiger partial charge in [0.05, 0.1) is 26.8 Å². The van der Waals surface area contributed by atoms with Crippen LogP contribution in [-0.4, -0.2) is 15.0 Å². The summed E-state index contributed by atoms with van der Waals surface area (Å²) in [5, 5.41) is 2.17. The van der Waals surface area contributed by atoms with Gasteiger partial charge in [0.25, 0.3) is 0 Å². The Balaban J connectivity index is 1.91. The maximum Gasteiger partial charge on any atom is 0.0909 e. The minimum absolute atomic E-state index is 0.983. The van der Waals surface area contributed by atoms with E-state index in [0.717, 1.165) is 43.4 Å². The number of aryl methyl sites for hydroxylation is 2. The van der Waals surface area contributed by atoms with Crippen LogP contribution in [0, 0.1) is 13.8 Å². The van der Waals surface area contributed by atoms with Crippen molar-refractivity contribution in [2.45, 2.75) is 13.8 Å². The molecule has 4 rings (SSSR count). The maximum absolute atomic E-state index is 4.75. The van der Waals surface area contributed by atoms with Gasteiger partial charge in [-0.1, -0.05) is 18.2 Å². The third-order valence-corrected chi connectivity index (χ3v) is 4.72. The van der Waals surface area contributed by atoms with Gasteiger partial charge in [-0.3, -0.25) is 9.97 Å². The van der Waals surface area contributed by atoms with Crippen molar-refractivity contribution in [3.05, 3.63) is 65.4 Å². The predicted molar refractivity (Wildman–Crippen MR) is 95.6 cm³/mol. The summed E-state index contributed by atoms with van der Waals surface area (Å²) in [5.41, 5.74) is 5.10. The zero-order valence-electron chi connectivity index (χ0n) is 12.9. The fraction of sp³-hybridized carbons (Fsp3) is 0.105. The molecule has 0 aliphatic heterocycles. The van der Waals surface area contributed by atoms with Gasteiger partial charge in [-0.2, -0.15) is 0 Å². The molecule has 0 aliphatic carbocycles. The molecule has 23 heavy (non-hydrogen) atoms. The summed E-state index contributed by atoms with van der Waals surface area (Å²) < 4.78 is 0. The molecule has 0 bridgehead atoms. The van der Waals surface area contributed by atoms with E-state index in [2.05, 4.69) is 28.2 Å². The zero-order chi connectivity index (χ0) is 15.8. The topological polar surface area (TPSA) is 38.7 Å². The Bertz CT molecular complexity index is 1000. The van der Waals surface area contributed by atoms with Gasteiger partial charge in [-0.05, 0) is 44.2 Å². The monoisotopic (exact) mass is 317 g/mol. The van der Waals surface area contributed by atoms with E-state index in [4.69, 9.17) is 4.98 Å². The Hall–Kier alpha value is -2.59. The van der Waals surface area contributed by atoms with Crippen LogP contribution < -0.4 is 0 Å². The average molecular weight is 317 g/mol. The van der Waals surface area contributed by atoms with Gasteiger partial charge in [0.1, 0.15) is 0 Å². The maximum atomic E-state index is 4.75. The van der Waals surface area contributed by atoms with Gasteiger partial charge in [-0.15, -0.1) is 11.3 Å². The van der Waals surface area contributed by atoms with E-state index in [1.807, 2.05) is 50.4 Å². The molecule has 4 heteroatoms. The molecule has 0 spiro atoms. The molecule has 112 valence electrons. The number of aromatic nitrogens is 3. The highest BCUT2D eigenvalue weighted by molar-refractivity contribution is 7.15. The fourth-order valence-electron chi connectivity index (χ4n) is 2.69. The Labute approximate surface area is 138 Å². The molecule has 0 saturated heterocycles. The molecule has 0 atom stereocenters. The van der Waals surface area contributed by atoms with E-state index in [1.165, 1.54) is 0 Å². The first-order valence-corrected chi connectivity index (χ1v) is 8.29. The van der Waals surface area contributed by atoms with Crippen LogP contribution in [0.25, 0.3) is 32.7 Å². The standard InChI is InChI=1S/C19H15N3S/c1-12-5-3-7-17(21-12)19-18(22-13(2)23-19)15-8-9-16-14(11-15)6-4-10-20-16/h3-11H,1-2H3. The lowest BCUT2D eigenvalue weighted by molar-refractivity contribution is 1.21. The van der Waals surface area contributed by atoms with Crippen molar-refractivity contribution < 1.29 is 0 Å². The van der Waals surface area contributed by atoms with E-state index in [1.54, 1.807) is 11.3 Å². The largest absolute Gasteiger partial charge is 0.256 e. The van der Waals surface area contributed by atoms with Crippen LogP contribution >= 0.6 is 11.3 Å². The Morgan fingerprint density at radius 1 is 0.913 bits per heavy atom. The summed E-state index contributed by atoms with van der Waals surface area (Å²) in [6, 6.07) is 16.4. The summed E-state index contributed by atoms with van der Waals surface area (Å²) in [4.78, 5) is 14.9. The van der Waals surface area contributed by atoms with Crippen molar-refractivity contribution in [2.24, 2.45) is 0 Å². The van der Waals surface area contributed by atoms with Gasteiger partial charge in [0.2, 0.25) is 0 Å². The second-order valence-corrected chi connectivity index (χ2v) is 6.69. The lowest BCUT2D eigenvalue weighted by atomic mass is 10.1. The van der Waals surface area contributed by atoms with Crippen LogP contribution in [0.15, 0.2) is 54.7 Å². The molecule has 0 unspecified atom stereocenters. The minimum Gasteiger partial charge on any atom is -0.256 e. The molecular formula is C19H15N3S. The summed E-state index contributed by atoms with van der Waals surface area (Å²) in [7, 11) is 0. The summed E-state index contributed by atoms with van der Waals surface area (Å²) in [5.74, 6) is 0. The highest BCUT2D eigenvalue weighted by Crippen LogP contribution is 2.36. The number of fused-ring (bicyclic) bond motifs is 1. The smallest absolute Gasteiger partial charge is 0.0909 e. The van der Waals surface area contributed by atoms with Crippen molar-refractivity contribution >= 4 is 22.2 Å². The predicted octanol–water partition coefficient (Wildman–Crippen LogP) is 5.04. The van der Waals surface area contributed by atoms with Crippen LogP contribution in [0.3, 0.4) is 0 Å². The van der Waals surface area contributed by atoms with E-state index in [9.17, 15) is 0 Å². The summed E-state index contributed by atoms with van der Waals surface area (Å²) >= 11 is 1.69. The quantitative estimate of drug-likeness (QED) is 0.520. The number of pyridine rings is 2.